The SMILES string of the molecule is CC[N+](CC)(CC)Cc1ccccc1.CC[N+](CC)(CC)Cc1ccccc1.O=C([O-])c1ccc([S+]([O-])c2ccc(C(=O)[O-])cc2)cc1. The first kappa shape index (κ1) is 40.2. The number of carboxylic acid groups (broad SMARTS) is 2. The Balaban J connectivity index is 0.000000257. The second kappa shape index (κ2) is 20.4. The minimum Gasteiger partial charge on any atom is -0.606 e. The molecule has 4 aromatic rings. The Morgan fingerprint density at radius 1 is 0.479 bits per heavy atom. The smallest absolute Gasteiger partial charge is 0.158 e. The Hall–Kier alpha value is -3.95. The molecule has 0 bridgehead atoms. The first-order valence-electron chi connectivity index (χ1n) is 16.8. The van der Waals surface area contributed by atoms with E-state index < -0.39 is 23.1 Å². The highest BCUT2D eigenvalue weighted by atomic mass is 32.2. The lowest BCUT2D eigenvalue weighted by atomic mass is 10.2. The van der Waals surface area contributed by atoms with Gasteiger partial charge in [0.25, 0.3) is 0 Å². The Morgan fingerprint density at radius 2 is 0.750 bits per heavy atom. The van der Waals surface area contributed by atoms with Crippen LogP contribution in [0.5, 0.6) is 0 Å². The predicted octanol–water partition coefficient (Wildman–Crippen LogP) is 5.71. The average Bonchev–Trinajstić information content (AvgIpc) is 3.14. The zero-order chi connectivity index (χ0) is 35.6. The highest BCUT2D eigenvalue weighted by Gasteiger charge is 2.21. The van der Waals surface area contributed by atoms with Crippen LogP contribution >= 0.6 is 0 Å². The molecule has 0 saturated heterocycles. The molecule has 0 radical (unpaired) electrons. The predicted molar refractivity (Wildman–Crippen MR) is 190 cm³/mol. The van der Waals surface area contributed by atoms with Crippen LogP contribution in [0.15, 0.2) is 119 Å². The number of aromatic carboxylic acids is 2. The van der Waals surface area contributed by atoms with Crippen molar-refractivity contribution < 1.29 is 33.3 Å². The van der Waals surface area contributed by atoms with Gasteiger partial charge in [-0.15, -0.1) is 0 Å². The fourth-order valence-electron chi connectivity index (χ4n) is 5.52. The topological polar surface area (TPSA) is 103 Å². The number of hydrogen-bond donors (Lipinski definition) is 0. The van der Waals surface area contributed by atoms with Gasteiger partial charge in [-0.05, 0) is 101 Å². The molecule has 48 heavy (non-hydrogen) atoms. The van der Waals surface area contributed by atoms with Crippen molar-refractivity contribution in [1.29, 1.82) is 0 Å². The van der Waals surface area contributed by atoms with Gasteiger partial charge in [0.1, 0.15) is 13.1 Å². The maximum Gasteiger partial charge on any atom is 0.158 e. The third-order valence-corrected chi connectivity index (χ3v) is 10.8. The molecule has 0 heterocycles. The second-order valence-electron chi connectivity index (χ2n) is 11.8. The van der Waals surface area contributed by atoms with Gasteiger partial charge >= 0.3 is 0 Å². The summed E-state index contributed by atoms with van der Waals surface area (Å²) in [7, 11) is 0. The van der Waals surface area contributed by atoms with Gasteiger partial charge < -0.3 is 33.3 Å². The van der Waals surface area contributed by atoms with Crippen molar-refractivity contribution in [3.8, 4) is 0 Å². The van der Waals surface area contributed by atoms with E-state index in [4.69, 9.17) is 0 Å². The van der Waals surface area contributed by atoms with Crippen molar-refractivity contribution in [3.05, 3.63) is 131 Å². The van der Waals surface area contributed by atoms with Crippen LogP contribution in [0.2, 0.25) is 0 Å². The fourth-order valence-corrected chi connectivity index (χ4v) is 6.56. The summed E-state index contributed by atoms with van der Waals surface area (Å²) in [5.74, 6) is -2.61. The van der Waals surface area contributed by atoms with Crippen LogP contribution < -0.4 is 10.2 Å². The molecular formula is C40H52N2O5S. The molecule has 0 aliphatic heterocycles. The summed E-state index contributed by atoms with van der Waals surface area (Å²) in [6.45, 7) is 23.4. The molecule has 7 nitrogen and oxygen atoms in total. The highest BCUT2D eigenvalue weighted by molar-refractivity contribution is 7.91. The minimum atomic E-state index is -1.52. The molecule has 4 rings (SSSR count). The van der Waals surface area contributed by atoms with Gasteiger partial charge in [-0.25, -0.2) is 0 Å². The Bertz CT molecular complexity index is 1360. The van der Waals surface area contributed by atoms with Crippen molar-refractivity contribution in [2.75, 3.05) is 39.3 Å². The number of quaternary nitrogens is 2. The lowest BCUT2D eigenvalue weighted by Crippen LogP contribution is -2.46. The number of benzene rings is 4. The van der Waals surface area contributed by atoms with Gasteiger partial charge in [-0.1, -0.05) is 60.7 Å². The number of rotatable bonds is 14. The lowest BCUT2D eigenvalue weighted by molar-refractivity contribution is -0.936. The largest absolute Gasteiger partial charge is 0.606 e. The van der Waals surface area contributed by atoms with Crippen LogP contribution in [0.4, 0.5) is 0 Å². The molecule has 0 atom stereocenters. The van der Waals surface area contributed by atoms with E-state index in [-0.39, 0.29) is 11.1 Å². The summed E-state index contributed by atoms with van der Waals surface area (Å²) in [6, 6.07) is 32.5. The first-order valence-corrected chi connectivity index (χ1v) is 18.0. The van der Waals surface area contributed by atoms with Crippen LogP contribution in [-0.2, 0) is 24.3 Å². The third-order valence-electron chi connectivity index (χ3n) is 9.35. The summed E-state index contributed by atoms with van der Waals surface area (Å²) >= 11 is -1.52. The molecule has 0 aromatic heterocycles. The normalized spacial score (nSPS) is 11.2. The molecule has 8 heteroatoms. The molecule has 0 amide bonds. The van der Waals surface area contributed by atoms with Crippen molar-refractivity contribution >= 4 is 23.1 Å². The zero-order valence-corrected chi connectivity index (χ0v) is 30.2. The quantitative estimate of drug-likeness (QED) is 0.126. The molecule has 0 aliphatic carbocycles. The van der Waals surface area contributed by atoms with Crippen LogP contribution in [0.1, 0.15) is 73.4 Å². The van der Waals surface area contributed by atoms with Gasteiger partial charge in [0.05, 0.1) is 51.2 Å². The van der Waals surface area contributed by atoms with E-state index in [9.17, 15) is 24.4 Å². The lowest BCUT2D eigenvalue weighted by Gasteiger charge is -2.35. The number of carboxylic acids is 2. The van der Waals surface area contributed by atoms with E-state index in [0.717, 1.165) is 0 Å². The molecule has 0 N–H and O–H groups in total. The standard InChI is InChI=1S/C14H10O5S.2C13H22N/c15-13(16)9-1-5-11(6-2-9)20(19)12-7-3-10(4-8-12)14(17)18;2*1-4-14(5-2,6-3)12-13-10-8-7-9-11-13/h1-8H,(H,15,16)(H,17,18);2*7-11H,4-6,12H2,1-3H3/q;2*+1/p-2. The number of carbonyl (C=O) groups excluding carboxylic acids is 2. The number of carbonyl (C=O) groups is 2. The molecule has 0 fully saturated rings. The molecule has 0 aliphatic rings. The van der Waals surface area contributed by atoms with E-state index >= 15 is 0 Å². The molecule has 0 unspecified atom stereocenters. The summed E-state index contributed by atoms with van der Waals surface area (Å²) in [5.41, 5.74) is 2.91. The first-order chi connectivity index (χ1) is 23.0. The Morgan fingerprint density at radius 3 is 0.979 bits per heavy atom. The zero-order valence-electron chi connectivity index (χ0n) is 29.4. The monoisotopic (exact) mass is 672 g/mol. The van der Waals surface area contributed by atoms with Crippen LogP contribution in [0.3, 0.4) is 0 Å². The second-order valence-corrected chi connectivity index (χ2v) is 13.2. The van der Waals surface area contributed by atoms with E-state index in [1.54, 1.807) is 0 Å². The van der Waals surface area contributed by atoms with Gasteiger partial charge in [-0.3, -0.25) is 0 Å². The van der Waals surface area contributed by atoms with Crippen molar-refractivity contribution in [2.45, 2.75) is 64.4 Å². The number of nitrogens with zero attached hydrogens (tertiary/aromatic N) is 2. The van der Waals surface area contributed by atoms with Gasteiger partial charge in [0, 0.05) is 22.3 Å². The number of hydrogen-bond acceptors (Lipinski definition) is 5. The molecule has 0 spiro atoms. The van der Waals surface area contributed by atoms with Gasteiger partial charge in [0.2, 0.25) is 0 Å². The minimum absolute atomic E-state index is 0.00181. The van der Waals surface area contributed by atoms with Crippen LogP contribution in [0.25, 0.3) is 0 Å². The maximum absolute atomic E-state index is 12.2. The summed E-state index contributed by atoms with van der Waals surface area (Å²) in [5, 5.41) is 21.2. The van der Waals surface area contributed by atoms with Crippen molar-refractivity contribution in [1.82, 2.24) is 0 Å². The van der Waals surface area contributed by atoms with Gasteiger partial charge in [-0.2, -0.15) is 0 Å². The molecule has 4 aromatic carbocycles. The van der Waals surface area contributed by atoms with Crippen LogP contribution in [-0.4, -0.2) is 64.7 Å². The maximum atomic E-state index is 12.2. The summed E-state index contributed by atoms with van der Waals surface area (Å²) in [6.07, 6.45) is 0. The van der Waals surface area contributed by atoms with Crippen molar-refractivity contribution in [2.24, 2.45) is 0 Å². The Labute approximate surface area is 290 Å². The highest BCUT2D eigenvalue weighted by Crippen LogP contribution is 2.21. The van der Waals surface area contributed by atoms with E-state index in [0.29, 0.717) is 9.79 Å². The van der Waals surface area contributed by atoms with Gasteiger partial charge in [0.15, 0.2) is 9.79 Å². The van der Waals surface area contributed by atoms with Crippen LogP contribution in [0, 0.1) is 0 Å². The average molecular weight is 673 g/mol. The fraction of sp³-hybridized carbons (Fsp3) is 0.350. The summed E-state index contributed by atoms with van der Waals surface area (Å²) < 4.78 is 14.6. The van der Waals surface area contributed by atoms with Crippen molar-refractivity contribution in [3.63, 3.8) is 0 Å². The van der Waals surface area contributed by atoms with E-state index in [1.807, 2.05) is 0 Å². The van der Waals surface area contributed by atoms with E-state index in [2.05, 4.69) is 102 Å². The molecular weight excluding hydrogens is 621 g/mol. The molecule has 258 valence electrons. The Kier molecular flexibility index (Phi) is 17.1. The van der Waals surface area contributed by atoms with E-state index in [1.165, 1.54) is 121 Å². The molecule has 0 saturated carbocycles. The summed E-state index contributed by atoms with van der Waals surface area (Å²) in [4.78, 5) is 22.0. The third kappa shape index (κ3) is 12.3.